The van der Waals surface area contributed by atoms with E-state index in [1.54, 1.807) is 0 Å². The lowest BCUT2D eigenvalue weighted by molar-refractivity contribution is 0.219. The van der Waals surface area contributed by atoms with Crippen LogP contribution in [0.2, 0.25) is 0 Å². The molecule has 0 radical (unpaired) electrons. The molecule has 6 aromatic rings. The number of anilines is 3. The van der Waals surface area contributed by atoms with Gasteiger partial charge in [-0.1, -0.05) is 142 Å². The zero-order valence-corrected chi connectivity index (χ0v) is 30.4. The lowest BCUT2D eigenvalue weighted by Crippen LogP contribution is -2.41. The Balaban J connectivity index is 1.33. The fourth-order valence-electron chi connectivity index (χ4n) is 7.46. The van der Waals surface area contributed by atoms with Crippen molar-refractivity contribution in [3.63, 3.8) is 0 Å². The predicted molar refractivity (Wildman–Crippen MR) is 213 cm³/mol. The van der Waals surface area contributed by atoms with E-state index < -0.39 is 0 Å². The summed E-state index contributed by atoms with van der Waals surface area (Å²) >= 11 is 0. The maximum atomic E-state index is 5.32. The van der Waals surface area contributed by atoms with Crippen LogP contribution in [0.1, 0.15) is 90.3 Å². The fourth-order valence-corrected chi connectivity index (χ4v) is 7.46. The Bertz CT molecular complexity index is 1960. The molecular formula is C45H49N7. The van der Waals surface area contributed by atoms with Crippen molar-refractivity contribution in [3.8, 4) is 0 Å². The van der Waals surface area contributed by atoms with Gasteiger partial charge in [-0.3, -0.25) is 0 Å². The van der Waals surface area contributed by atoms with E-state index in [0.717, 1.165) is 48.2 Å². The first-order valence-corrected chi connectivity index (χ1v) is 18.7. The molecule has 4 aromatic carbocycles. The Hall–Kier alpha value is -5.56. The minimum Gasteiger partial charge on any atom is -0.366 e. The van der Waals surface area contributed by atoms with Crippen LogP contribution in [0.4, 0.5) is 17.6 Å². The van der Waals surface area contributed by atoms with Gasteiger partial charge in [-0.25, -0.2) is 15.0 Å². The van der Waals surface area contributed by atoms with E-state index >= 15 is 0 Å². The zero-order chi connectivity index (χ0) is 35.7. The molecule has 0 saturated heterocycles. The molecule has 52 heavy (non-hydrogen) atoms. The number of hydrogen-bond donors (Lipinski definition) is 3. The maximum absolute atomic E-state index is 5.32. The number of hydrogen-bond acceptors (Lipinski definition) is 7. The first kappa shape index (κ1) is 34.9. The van der Waals surface area contributed by atoms with Gasteiger partial charge in [-0.05, 0) is 34.6 Å². The molecule has 7 rings (SSSR count). The molecule has 264 valence electrons. The minimum absolute atomic E-state index is 0.0833. The summed E-state index contributed by atoms with van der Waals surface area (Å²) in [6.07, 6.45) is 1.80. The van der Waals surface area contributed by atoms with Gasteiger partial charge in [0, 0.05) is 61.9 Å². The van der Waals surface area contributed by atoms with Crippen LogP contribution >= 0.6 is 0 Å². The van der Waals surface area contributed by atoms with Crippen LogP contribution in [0.3, 0.4) is 0 Å². The Morgan fingerprint density at radius 1 is 0.519 bits per heavy atom. The Morgan fingerprint density at radius 2 is 0.981 bits per heavy atom. The average molecular weight is 688 g/mol. The highest BCUT2D eigenvalue weighted by atomic mass is 15.1. The van der Waals surface area contributed by atoms with Gasteiger partial charge in [0.2, 0.25) is 5.95 Å². The molecule has 7 nitrogen and oxygen atoms in total. The third-order valence-corrected chi connectivity index (χ3v) is 9.91. The number of benzene rings is 4. The number of nitrogens with one attached hydrogen (secondary N) is 3. The smallest absolute Gasteiger partial charge is 0.224 e. The first-order chi connectivity index (χ1) is 25.6. The lowest BCUT2D eigenvalue weighted by atomic mass is 9.50. The molecule has 2 heterocycles. The fraction of sp³-hybridized carbons (Fsp3) is 0.289. The molecule has 0 unspecified atom stereocenters. The van der Waals surface area contributed by atoms with E-state index in [2.05, 4.69) is 164 Å². The Labute approximate surface area is 308 Å². The summed E-state index contributed by atoms with van der Waals surface area (Å²) in [6, 6.07) is 47.2. The molecule has 0 aliphatic heterocycles. The number of nitrogens with zero attached hydrogens (tertiary/aromatic N) is 4. The number of aryl methyl sites for hydroxylation is 1. The van der Waals surface area contributed by atoms with Crippen molar-refractivity contribution < 1.29 is 0 Å². The molecule has 0 bridgehead atoms. The maximum Gasteiger partial charge on any atom is 0.224 e. The summed E-state index contributed by atoms with van der Waals surface area (Å²) in [6.45, 7) is 8.77. The van der Waals surface area contributed by atoms with E-state index in [1.807, 2.05) is 6.07 Å². The van der Waals surface area contributed by atoms with Gasteiger partial charge in [-0.2, -0.15) is 4.98 Å². The van der Waals surface area contributed by atoms with Gasteiger partial charge in [0.1, 0.15) is 17.5 Å². The van der Waals surface area contributed by atoms with Crippen molar-refractivity contribution in [2.24, 2.45) is 5.92 Å². The second kappa shape index (κ2) is 16.6. The van der Waals surface area contributed by atoms with E-state index in [0.29, 0.717) is 25.0 Å². The Morgan fingerprint density at radius 3 is 1.46 bits per heavy atom. The molecule has 2 aromatic heterocycles. The first-order valence-electron chi connectivity index (χ1n) is 18.7. The topological polar surface area (TPSA) is 87.7 Å². The molecule has 1 saturated carbocycles. The summed E-state index contributed by atoms with van der Waals surface area (Å²) in [5, 5.41) is 10.8. The van der Waals surface area contributed by atoms with E-state index in [9.17, 15) is 0 Å². The molecule has 0 spiro atoms. The summed E-state index contributed by atoms with van der Waals surface area (Å²) in [7, 11) is 0. The van der Waals surface area contributed by atoms with Gasteiger partial charge in [0.05, 0.1) is 11.4 Å². The highest BCUT2D eigenvalue weighted by molar-refractivity contribution is 5.52. The number of rotatable bonds is 15. The molecule has 1 aliphatic rings. The van der Waals surface area contributed by atoms with Crippen molar-refractivity contribution in [3.05, 3.63) is 173 Å². The highest BCUT2D eigenvalue weighted by Crippen LogP contribution is 2.66. The summed E-state index contributed by atoms with van der Waals surface area (Å²) < 4.78 is 0. The molecule has 7 heteroatoms. The van der Waals surface area contributed by atoms with Gasteiger partial charge in [-0.15, -0.1) is 0 Å². The molecule has 1 aliphatic carbocycles. The second-order valence-electron chi connectivity index (χ2n) is 14.2. The quantitative estimate of drug-likeness (QED) is 0.0991. The van der Waals surface area contributed by atoms with E-state index in [4.69, 9.17) is 19.9 Å². The monoisotopic (exact) mass is 687 g/mol. The molecule has 0 amide bonds. The van der Waals surface area contributed by atoms with Crippen molar-refractivity contribution in [1.82, 2.24) is 19.9 Å². The van der Waals surface area contributed by atoms with Gasteiger partial charge in [0.25, 0.3) is 0 Å². The minimum atomic E-state index is 0.0833. The third-order valence-electron chi connectivity index (χ3n) is 9.91. The van der Waals surface area contributed by atoms with E-state index in [1.165, 1.54) is 22.3 Å². The summed E-state index contributed by atoms with van der Waals surface area (Å²) in [4.78, 5) is 20.6. The molecule has 2 atom stereocenters. The largest absolute Gasteiger partial charge is 0.366 e. The van der Waals surface area contributed by atoms with Crippen molar-refractivity contribution in [2.75, 3.05) is 22.5 Å². The average Bonchev–Trinajstić information content (AvgIpc) is 3.17. The van der Waals surface area contributed by atoms with Gasteiger partial charge in [0.15, 0.2) is 0 Å². The van der Waals surface area contributed by atoms with Crippen molar-refractivity contribution >= 4 is 17.6 Å². The summed E-state index contributed by atoms with van der Waals surface area (Å²) in [5.74, 6) is 4.13. The predicted octanol–water partition coefficient (Wildman–Crippen LogP) is 9.96. The summed E-state index contributed by atoms with van der Waals surface area (Å²) in [5.41, 5.74) is 7.09. The van der Waals surface area contributed by atoms with Crippen LogP contribution in [-0.4, -0.2) is 26.5 Å². The molecule has 1 fully saturated rings. The third kappa shape index (κ3) is 8.31. The van der Waals surface area contributed by atoms with Gasteiger partial charge < -0.3 is 16.0 Å². The molecule has 3 N–H and O–H groups in total. The van der Waals surface area contributed by atoms with Crippen LogP contribution in [0.25, 0.3) is 0 Å². The Kier molecular flexibility index (Phi) is 11.2. The lowest BCUT2D eigenvalue weighted by Gasteiger charge is -2.52. The van der Waals surface area contributed by atoms with Crippen LogP contribution in [0, 0.1) is 5.92 Å². The highest BCUT2D eigenvalue weighted by Gasteiger charge is 2.54. The number of aromatic nitrogens is 4. The SMILES string of the molecule is CCCc1nc(NCc2ccccc2)cc(C2[C@@H](c3ccccc3)C(c3cc(NCc4ccccc4)nc(NCC(C)C)n3)[C@@H]2c2ccccc2)n1. The standard InChI is InChI=1S/C45H49N7/c1-4-17-38-49-36(26-39(51-38)46-29-32-18-9-5-10-19-32)43-41(34-22-13-7-14-23-34)44(42(43)35-24-15-8-16-25-35)37-27-40(47-30-33-20-11-6-12-21-33)52-45(50-37)48-28-31(2)3/h5-16,18-27,31,41-44H,4,17,28-30H2,1-3H3,(H,46,49,51)(H2,47,48,50,52)/t41-,42-,43?,44?/m1/s1. The zero-order valence-electron chi connectivity index (χ0n) is 30.4. The van der Waals surface area contributed by atoms with Gasteiger partial charge >= 0.3 is 0 Å². The van der Waals surface area contributed by atoms with Crippen LogP contribution < -0.4 is 16.0 Å². The molecular weight excluding hydrogens is 639 g/mol. The van der Waals surface area contributed by atoms with Crippen molar-refractivity contribution in [1.29, 1.82) is 0 Å². The van der Waals surface area contributed by atoms with Crippen LogP contribution in [0.15, 0.2) is 133 Å². The normalized spacial score (nSPS) is 18.1. The van der Waals surface area contributed by atoms with Crippen LogP contribution in [0.5, 0.6) is 0 Å². The van der Waals surface area contributed by atoms with E-state index in [-0.39, 0.29) is 23.7 Å². The van der Waals surface area contributed by atoms with Crippen molar-refractivity contribution in [2.45, 2.75) is 70.4 Å². The second-order valence-corrected chi connectivity index (χ2v) is 14.2. The van der Waals surface area contributed by atoms with Crippen LogP contribution in [-0.2, 0) is 19.5 Å².